The summed E-state index contributed by atoms with van der Waals surface area (Å²) in [6.45, 7) is -0.128. The number of hydrogen-bond acceptors (Lipinski definition) is 6. The van der Waals surface area contributed by atoms with E-state index in [1.165, 1.54) is 11.3 Å². The minimum Gasteiger partial charge on any atom is -0.484 e. The summed E-state index contributed by atoms with van der Waals surface area (Å²) in [7, 11) is 0. The molecule has 8 heteroatoms. The van der Waals surface area contributed by atoms with Crippen LogP contribution in [0.5, 0.6) is 5.75 Å². The number of halogens is 1. The summed E-state index contributed by atoms with van der Waals surface area (Å²) in [5.41, 5.74) is 0. The van der Waals surface area contributed by atoms with Crippen LogP contribution >= 0.6 is 22.9 Å². The van der Waals surface area contributed by atoms with Crippen LogP contribution in [0.1, 0.15) is 0 Å². The summed E-state index contributed by atoms with van der Waals surface area (Å²) in [4.78, 5) is 11.8. The van der Waals surface area contributed by atoms with Crippen LogP contribution in [0.2, 0.25) is 5.02 Å². The number of carbonyl (C=O) groups is 1. The molecule has 0 fully saturated rings. The van der Waals surface area contributed by atoms with Crippen LogP contribution in [-0.2, 0) is 4.79 Å². The molecule has 1 amide bonds. The number of aromatic nitrogens is 2. The highest BCUT2D eigenvalue weighted by molar-refractivity contribution is 7.18. The molecule has 1 aromatic carbocycles. The van der Waals surface area contributed by atoms with E-state index in [2.05, 4.69) is 15.5 Å². The molecular formula is C14H10ClN3O3S. The van der Waals surface area contributed by atoms with E-state index in [1.807, 2.05) is 0 Å². The Labute approximate surface area is 134 Å². The van der Waals surface area contributed by atoms with Gasteiger partial charge in [0.25, 0.3) is 5.91 Å². The Kier molecular flexibility index (Phi) is 4.36. The van der Waals surface area contributed by atoms with Gasteiger partial charge in [0.1, 0.15) is 5.75 Å². The average molecular weight is 336 g/mol. The van der Waals surface area contributed by atoms with Crippen molar-refractivity contribution in [2.45, 2.75) is 0 Å². The Morgan fingerprint density at radius 2 is 2.09 bits per heavy atom. The fourth-order valence-electron chi connectivity index (χ4n) is 1.61. The van der Waals surface area contributed by atoms with E-state index in [0.29, 0.717) is 26.7 Å². The maximum absolute atomic E-state index is 11.8. The smallest absolute Gasteiger partial charge is 0.264 e. The Balaban J connectivity index is 1.54. The van der Waals surface area contributed by atoms with Crippen molar-refractivity contribution in [2.24, 2.45) is 0 Å². The molecule has 3 rings (SSSR count). The number of furan rings is 1. The van der Waals surface area contributed by atoms with E-state index >= 15 is 0 Å². The third kappa shape index (κ3) is 3.63. The Morgan fingerprint density at radius 3 is 2.82 bits per heavy atom. The molecule has 0 saturated heterocycles. The second kappa shape index (κ2) is 6.59. The average Bonchev–Trinajstić information content (AvgIpc) is 3.17. The largest absolute Gasteiger partial charge is 0.484 e. The fraction of sp³-hybridized carbons (Fsp3) is 0.0714. The molecule has 1 N–H and O–H groups in total. The summed E-state index contributed by atoms with van der Waals surface area (Å²) < 4.78 is 10.6. The van der Waals surface area contributed by atoms with Gasteiger partial charge in [0.05, 0.1) is 6.26 Å². The van der Waals surface area contributed by atoms with Gasteiger partial charge in [-0.05, 0) is 36.4 Å². The molecule has 0 saturated carbocycles. The highest BCUT2D eigenvalue weighted by atomic mass is 35.5. The van der Waals surface area contributed by atoms with E-state index in [9.17, 15) is 4.79 Å². The van der Waals surface area contributed by atoms with Crippen LogP contribution in [0.15, 0.2) is 47.1 Å². The molecule has 22 heavy (non-hydrogen) atoms. The van der Waals surface area contributed by atoms with Crippen LogP contribution in [0, 0.1) is 0 Å². The third-order valence-electron chi connectivity index (χ3n) is 2.59. The highest BCUT2D eigenvalue weighted by Crippen LogP contribution is 2.26. The van der Waals surface area contributed by atoms with Crippen molar-refractivity contribution in [3.8, 4) is 16.5 Å². The van der Waals surface area contributed by atoms with Gasteiger partial charge in [0.2, 0.25) is 5.13 Å². The van der Waals surface area contributed by atoms with Crippen LogP contribution < -0.4 is 10.1 Å². The zero-order valence-electron chi connectivity index (χ0n) is 11.2. The number of rotatable bonds is 5. The number of nitrogens with zero attached hydrogens (tertiary/aromatic N) is 2. The molecule has 0 aliphatic rings. The maximum atomic E-state index is 11.8. The lowest BCUT2D eigenvalue weighted by atomic mass is 10.3. The molecule has 2 aromatic heterocycles. The van der Waals surface area contributed by atoms with Gasteiger partial charge in [-0.2, -0.15) is 0 Å². The van der Waals surface area contributed by atoms with Crippen LogP contribution in [-0.4, -0.2) is 22.7 Å². The Bertz CT molecular complexity index is 756. The number of amides is 1. The first-order chi connectivity index (χ1) is 10.7. The van der Waals surface area contributed by atoms with Crippen molar-refractivity contribution >= 4 is 34.0 Å². The molecule has 3 aromatic rings. The van der Waals surface area contributed by atoms with Gasteiger partial charge < -0.3 is 9.15 Å². The number of ether oxygens (including phenoxy) is 1. The lowest BCUT2D eigenvalue weighted by Crippen LogP contribution is -2.20. The summed E-state index contributed by atoms with van der Waals surface area (Å²) >= 11 is 6.99. The first-order valence-electron chi connectivity index (χ1n) is 6.26. The Morgan fingerprint density at radius 1 is 1.27 bits per heavy atom. The fourth-order valence-corrected chi connectivity index (χ4v) is 2.46. The molecule has 0 spiro atoms. The lowest BCUT2D eigenvalue weighted by Gasteiger charge is -2.05. The quantitative estimate of drug-likeness (QED) is 0.772. The second-order valence-electron chi connectivity index (χ2n) is 4.18. The van der Waals surface area contributed by atoms with Crippen LogP contribution in [0.25, 0.3) is 10.8 Å². The van der Waals surface area contributed by atoms with E-state index in [0.717, 1.165) is 0 Å². The van der Waals surface area contributed by atoms with E-state index in [4.69, 9.17) is 20.8 Å². The molecule has 0 radical (unpaired) electrons. The zero-order chi connectivity index (χ0) is 15.4. The van der Waals surface area contributed by atoms with Gasteiger partial charge in [0.15, 0.2) is 17.4 Å². The number of carbonyl (C=O) groups excluding carboxylic acids is 1. The first kappa shape index (κ1) is 14.6. The summed E-state index contributed by atoms with van der Waals surface area (Å²) in [6.07, 6.45) is 1.55. The van der Waals surface area contributed by atoms with Crippen molar-refractivity contribution in [1.82, 2.24) is 10.2 Å². The predicted octanol–water partition coefficient (Wildman–Crippen LogP) is 3.47. The standard InChI is InChI=1S/C14H10ClN3O3S/c15-9-3-5-10(6-4-9)21-8-12(19)16-14-18-17-13(22-14)11-2-1-7-20-11/h1-7H,8H2,(H,16,18,19). The van der Waals surface area contributed by atoms with Gasteiger partial charge in [-0.1, -0.05) is 22.9 Å². The second-order valence-corrected chi connectivity index (χ2v) is 5.59. The van der Waals surface area contributed by atoms with Crippen molar-refractivity contribution in [3.05, 3.63) is 47.7 Å². The number of benzene rings is 1. The molecule has 0 atom stereocenters. The van der Waals surface area contributed by atoms with Crippen molar-refractivity contribution in [1.29, 1.82) is 0 Å². The number of nitrogens with one attached hydrogen (secondary N) is 1. The minimum atomic E-state index is -0.322. The lowest BCUT2D eigenvalue weighted by molar-refractivity contribution is -0.118. The SMILES string of the molecule is O=C(COc1ccc(Cl)cc1)Nc1nnc(-c2ccco2)s1. The molecular weight excluding hydrogens is 326 g/mol. The molecule has 6 nitrogen and oxygen atoms in total. The van der Waals surface area contributed by atoms with E-state index < -0.39 is 0 Å². The molecule has 112 valence electrons. The first-order valence-corrected chi connectivity index (χ1v) is 7.46. The van der Waals surface area contributed by atoms with Gasteiger partial charge >= 0.3 is 0 Å². The van der Waals surface area contributed by atoms with Gasteiger partial charge in [0, 0.05) is 5.02 Å². The van der Waals surface area contributed by atoms with Gasteiger partial charge in [-0.3, -0.25) is 10.1 Å². The topological polar surface area (TPSA) is 77.2 Å². The summed E-state index contributed by atoms with van der Waals surface area (Å²) in [6, 6.07) is 10.3. The number of anilines is 1. The van der Waals surface area contributed by atoms with E-state index in [-0.39, 0.29) is 12.5 Å². The monoisotopic (exact) mass is 335 g/mol. The van der Waals surface area contributed by atoms with Gasteiger partial charge in [-0.25, -0.2) is 0 Å². The van der Waals surface area contributed by atoms with Crippen molar-refractivity contribution in [3.63, 3.8) is 0 Å². The third-order valence-corrected chi connectivity index (χ3v) is 3.69. The molecule has 0 aliphatic heterocycles. The molecule has 2 heterocycles. The Hall–Kier alpha value is -2.38. The zero-order valence-corrected chi connectivity index (χ0v) is 12.7. The van der Waals surface area contributed by atoms with Gasteiger partial charge in [-0.15, -0.1) is 10.2 Å². The summed E-state index contributed by atoms with van der Waals surface area (Å²) in [5.74, 6) is 0.848. The van der Waals surface area contributed by atoms with Crippen LogP contribution in [0.4, 0.5) is 5.13 Å². The normalized spacial score (nSPS) is 10.4. The van der Waals surface area contributed by atoms with Crippen LogP contribution in [0.3, 0.4) is 0 Å². The summed E-state index contributed by atoms with van der Waals surface area (Å²) in [5, 5.41) is 12.0. The molecule has 0 aliphatic carbocycles. The van der Waals surface area contributed by atoms with Crippen molar-refractivity contribution in [2.75, 3.05) is 11.9 Å². The predicted molar refractivity (Wildman–Crippen MR) is 83.2 cm³/mol. The van der Waals surface area contributed by atoms with E-state index in [1.54, 1.807) is 42.7 Å². The maximum Gasteiger partial charge on any atom is 0.264 e. The minimum absolute atomic E-state index is 0.128. The molecule has 0 unspecified atom stereocenters. The number of hydrogen-bond donors (Lipinski definition) is 1. The molecule has 0 bridgehead atoms. The van der Waals surface area contributed by atoms with Crippen molar-refractivity contribution < 1.29 is 13.9 Å². The highest BCUT2D eigenvalue weighted by Gasteiger charge is 2.11.